The first-order valence-corrected chi connectivity index (χ1v) is 8.74. The molecule has 0 saturated carbocycles. The van der Waals surface area contributed by atoms with Crippen LogP contribution in [0.2, 0.25) is 0 Å². The molecule has 0 N–H and O–H groups in total. The van der Waals surface area contributed by atoms with Crippen LogP contribution in [0.25, 0.3) is 43.4 Å². The largest absolute Gasteiger partial charge is 0.298 e. The number of benzene rings is 5. The molecule has 0 aliphatic heterocycles. The van der Waals surface area contributed by atoms with Gasteiger partial charge in [0.05, 0.1) is 0 Å². The van der Waals surface area contributed by atoms with Crippen LogP contribution in [0.4, 0.5) is 0 Å². The molecule has 0 amide bonds. The Kier molecular flexibility index (Phi) is 3.32. The second-order valence-electron chi connectivity index (χ2n) is 6.59. The van der Waals surface area contributed by atoms with Gasteiger partial charge in [0.1, 0.15) is 6.29 Å². The van der Waals surface area contributed by atoms with Crippen LogP contribution in [0.1, 0.15) is 10.4 Å². The summed E-state index contributed by atoms with van der Waals surface area (Å²) in [6.07, 6.45) is 0.880. The summed E-state index contributed by atoms with van der Waals surface area (Å²) in [5.41, 5.74) is 3.02. The molecular weight excluding hydrogens is 316 g/mol. The highest BCUT2D eigenvalue weighted by molar-refractivity contribution is 6.19. The van der Waals surface area contributed by atoms with Crippen LogP contribution in [0.3, 0.4) is 0 Å². The van der Waals surface area contributed by atoms with Gasteiger partial charge in [0.25, 0.3) is 0 Å². The Bertz CT molecular complexity index is 1280. The first kappa shape index (κ1) is 14.9. The standard InChI is InChI=1S/C25H16O/c26-16-17-8-10-19(11-9-17)21-6-3-7-22-23(21)14-15-24-20-5-2-1-4-18(20)12-13-25(22)24/h1-16H. The van der Waals surface area contributed by atoms with Crippen LogP contribution in [0.15, 0.2) is 91.0 Å². The molecule has 5 rings (SSSR count). The van der Waals surface area contributed by atoms with Gasteiger partial charge in [0.2, 0.25) is 0 Å². The second kappa shape index (κ2) is 5.82. The Morgan fingerprint density at radius 2 is 1.15 bits per heavy atom. The maximum Gasteiger partial charge on any atom is 0.150 e. The predicted molar refractivity (Wildman–Crippen MR) is 110 cm³/mol. The molecule has 5 aromatic rings. The van der Waals surface area contributed by atoms with Crippen molar-refractivity contribution in [2.24, 2.45) is 0 Å². The number of fused-ring (bicyclic) bond motifs is 5. The third-order valence-corrected chi connectivity index (χ3v) is 5.14. The van der Waals surface area contributed by atoms with Crippen LogP contribution in [0, 0.1) is 0 Å². The first-order chi connectivity index (χ1) is 12.8. The molecule has 0 atom stereocenters. The van der Waals surface area contributed by atoms with Gasteiger partial charge in [-0.3, -0.25) is 4.79 Å². The molecular formula is C25H16O. The van der Waals surface area contributed by atoms with E-state index in [1.807, 2.05) is 24.3 Å². The molecule has 5 aromatic carbocycles. The van der Waals surface area contributed by atoms with Crippen molar-refractivity contribution in [2.45, 2.75) is 0 Å². The Hall–Kier alpha value is -3.45. The highest BCUT2D eigenvalue weighted by Crippen LogP contribution is 2.35. The lowest BCUT2D eigenvalue weighted by Gasteiger charge is -2.11. The number of carbonyl (C=O) groups is 1. The average Bonchev–Trinajstić information content (AvgIpc) is 2.73. The maximum absolute atomic E-state index is 10.9. The van der Waals surface area contributed by atoms with Gasteiger partial charge in [-0.25, -0.2) is 0 Å². The van der Waals surface area contributed by atoms with Gasteiger partial charge in [-0.1, -0.05) is 91.0 Å². The monoisotopic (exact) mass is 332 g/mol. The molecule has 0 aliphatic carbocycles. The van der Waals surface area contributed by atoms with Crippen molar-refractivity contribution in [3.05, 3.63) is 96.6 Å². The van der Waals surface area contributed by atoms with E-state index in [0.717, 1.165) is 11.8 Å². The van der Waals surface area contributed by atoms with Gasteiger partial charge in [-0.05, 0) is 43.4 Å². The normalized spacial score (nSPS) is 11.2. The minimum Gasteiger partial charge on any atom is -0.298 e. The van der Waals surface area contributed by atoms with Gasteiger partial charge in [-0.2, -0.15) is 0 Å². The van der Waals surface area contributed by atoms with Gasteiger partial charge >= 0.3 is 0 Å². The molecule has 0 aromatic heterocycles. The van der Waals surface area contributed by atoms with Crippen LogP contribution in [0.5, 0.6) is 0 Å². The molecule has 0 unspecified atom stereocenters. The molecule has 122 valence electrons. The zero-order chi connectivity index (χ0) is 17.5. The van der Waals surface area contributed by atoms with E-state index in [2.05, 4.69) is 66.7 Å². The SMILES string of the molecule is O=Cc1ccc(-c2cccc3c2ccc2c4ccccc4ccc32)cc1. The van der Waals surface area contributed by atoms with Gasteiger partial charge in [0.15, 0.2) is 0 Å². The van der Waals surface area contributed by atoms with E-state index in [-0.39, 0.29) is 0 Å². The van der Waals surface area contributed by atoms with E-state index >= 15 is 0 Å². The third-order valence-electron chi connectivity index (χ3n) is 5.14. The second-order valence-corrected chi connectivity index (χ2v) is 6.59. The van der Waals surface area contributed by atoms with E-state index < -0.39 is 0 Å². The lowest BCUT2D eigenvalue weighted by molar-refractivity contribution is 0.112. The van der Waals surface area contributed by atoms with E-state index in [0.29, 0.717) is 5.56 Å². The minimum atomic E-state index is 0.700. The van der Waals surface area contributed by atoms with Crippen molar-refractivity contribution in [1.29, 1.82) is 0 Å². The van der Waals surface area contributed by atoms with Crippen molar-refractivity contribution in [3.63, 3.8) is 0 Å². The molecule has 0 radical (unpaired) electrons. The quantitative estimate of drug-likeness (QED) is 0.262. The molecule has 0 spiro atoms. The van der Waals surface area contributed by atoms with Crippen molar-refractivity contribution in [3.8, 4) is 11.1 Å². The Morgan fingerprint density at radius 1 is 0.500 bits per heavy atom. The molecule has 1 nitrogen and oxygen atoms in total. The Morgan fingerprint density at radius 3 is 2.00 bits per heavy atom. The molecule has 0 fully saturated rings. The molecule has 0 saturated heterocycles. The van der Waals surface area contributed by atoms with E-state index in [9.17, 15) is 4.79 Å². The fraction of sp³-hybridized carbons (Fsp3) is 0. The lowest BCUT2D eigenvalue weighted by atomic mass is 9.92. The summed E-state index contributed by atoms with van der Waals surface area (Å²) in [5.74, 6) is 0. The molecule has 0 heterocycles. The number of hydrogen-bond donors (Lipinski definition) is 0. The summed E-state index contributed by atoms with van der Waals surface area (Å²) in [6, 6.07) is 31.6. The fourth-order valence-corrected chi connectivity index (χ4v) is 3.85. The summed E-state index contributed by atoms with van der Waals surface area (Å²) >= 11 is 0. The molecule has 26 heavy (non-hydrogen) atoms. The lowest BCUT2D eigenvalue weighted by Crippen LogP contribution is -1.85. The summed E-state index contributed by atoms with van der Waals surface area (Å²) in [4.78, 5) is 10.9. The van der Waals surface area contributed by atoms with Gasteiger partial charge < -0.3 is 0 Å². The topological polar surface area (TPSA) is 17.1 Å². The van der Waals surface area contributed by atoms with Crippen molar-refractivity contribution in [2.75, 3.05) is 0 Å². The summed E-state index contributed by atoms with van der Waals surface area (Å²) in [7, 11) is 0. The summed E-state index contributed by atoms with van der Waals surface area (Å²) in [5, 5.41) is 7.59. The van der Waals surface area contributed by atoms with Crippen LogP contribution in [-0.2, 0) is 0 Å². The summed E-state index contributed by atoms with van der Waals surface area (Å²) < 4.78 is 0. The summed E-state index contributed by atoms with van der Waals surface area (Å²) in [6.45, 7) is 0. The van der Waals surface area contributed by atoms with Crippen LogP contribution in [-0.4, -0.2) is 6.29 Å². The van der Waals surface area contributed by atoms with Crippen LogP contribution >= 0.6 is 0 Å². The predicted octanol–water partition coefficient (Wildman–Crippen LogP) is 6.63. The minimum absolute atomic E-state index is 0.700. The molecule has 1 heteroatoms. The Balaban J connectivity index is 1.83. The smallest absolute Gasteiger partial charge is 0.150 e. The van der Waals surface area contributed by atoms with Crippen molar-refractivity contribution < 1.29 is 4.79 Å². The van der Waals surface area contributed by atoms with E-state index in [1.54, 1.807) is 0 Å². The molecule has 0 bridgehead atoms. The van der Waals surface area contributed by atoms with E-state index in [4.69, 9.17) is 0 Å². The fourth-order valence-electron chi connectivity index (χ4n) is 3.85. The maximum atomic E-state index is 10.9. The van der Waals surface area contributed by atoms with E-state index in [1.165, 1.54) is 37.9 Å². The third kappa shape index (κ3) is 2.21. The number of rotatable bonds is 2. The number of hydrogen-bond acceptors (Lipinski definition) is 1. The number of carbonyl (C=O) groups excluding carboxylic acids is 1. The molecule has 0 aliphatic rings. The average molecular weight is 332 g/mol. The number of aldehydes is 1. The van der Waals surface area contributed by atoms with Gasteiger partial charge in [-0.15, -0.1) is 0 Å². The van der Waals surface area contributed by atoms with Crippen molar-refractivity contribution >= 4 is 38.6 Å². The zero-order valence-electron chi connectivity index (χ0n) is 14.1. The highest BCUT2D eigenvalue weighted by atomic mass is 16.1. The highest BCUT2D eigenvalue weighted by Gasteiger charge is 2.08. The van der Waals surface area contributed by atoms with Crippen LogP contribution < -0.4 is 0 Å². The zero-order valence-corrected chi connectivity index (χ0v) is 14.1. The Labute approximate surface area is 151 Å². The van der Waals surface area contributed by atoms with Crippen molar-refractivity contribution in [1.82, 2.24) is 0 Å². The van der Waals surface area contributed by atoms with Gasteiger partial charge in [0, 0.05) is 5.56 Å². The first-order valence-electron chi connectivity index (χ1n) is 8.74.